The van der Waals surface area contributed by atoms with Crippen LogP contribution >= 0.6 is 0 Å². The molecule has 2 saturated heterocycles. The molecule has 0 spiro atoms. The van der Waals surface area contributed by atoms with Crippen molar-refractivity contribution >= 4 is 0 Å². The van der Waals surface area contributed by atoms with Crippen molar-refractivity contribution in [1.29, 1.82) is 0 Å². The summed E-state index contributed by atoms with van der Waals surface area (Å²) in [5.41, 5.74) is 1.27. The Kier molecular flexibility index (Phi) is 6.58. The average Bonchev–Trinajstić information content (AvgIpc) is 3.23. The summed E-state index contributed by atoms with van der Waals surface area (Å²) in [6, 6.07) is 12.9. The van der Waals surface area contributed by atoms with Crippen LogP contribution in [-0.4, -0.2) is 59.3 Å². The first-order valence-corrected chi connectivity index (χ1v) is 11.0. The van der Waals surface area contributed by atoms with Gasteiger partial charge in [0, 0.05) is 32.2 Å². The van der Waals surface area contributed by atoms with Crippen molar-refractivity contribution in [2.45, 2.75) is 63.8 Å². The van der Waals surface area contributed by atoms with Gasteiger partial charge in [-0.3, -0.25) is 9.80 Å². The molecule has 1 aromatic carbocycles. The first-order chi connectivity index (χ1) is 14.1. The maximum Gasteiger partial charge on any atom is 0.137 e. The summed E-state index contributed by atoms with van der Waals surface area (Å²) >= 11 is 0. The minimum absolute atomic E-state index is 0.160. The summed E-state index contributed by atoms with van der Waals surface area (Å²) in [6.07, 6.45) is 4.29. The second-order valence-electron chi connectivity index (χ2n) is 8.82. The van der Waals surface area contributed by atoms with Gasteiger partial charge in [-0.2, -0.15) is 0 Å². The molecular formula is C24H34N2O3. The smallest absolute Gasteiger partial charge is 0.137 e. The maximum atomic E-state index is 10.5. The molecule has 5 heteroatoms. The van der Waals surface area contributed by atoms with E-state index in [9.17, 15) is 5.11 Å². The zero-order valence-corrected chi connectivity index (χ0v) is 17.7. The number of hydrogen-bond acceptors (Lipinski definition) is 5. The monoisotopic (exact) mass is 398 g/mol. The summed E-state index contributed by atoms with van der Waals surface area (Å²) in [5.74, 6) is 2.38. The number of hydrogen-bond donors (Lipinski definition) is 1. The topological polar surface area (TPSA) is 49.1 Å². The van der Waals surface area contributed by atoms with Crippen molar-refractivity contribution in [1.82, 2.24) is 9.80 Å². The Labute approximate surface area is 174 Å². The van der Waals surface area contributed by atoms with Gasteiger partial charge in [0.25, 0.3) is 0 Å². The lowest BCUT2D eigenvalue weighted by molar-refractivity contribution is -0.0442. The van der Waals surface area contributed by atoms with Gasteiger partial charge in [-0.1, -0.05) is 26.0 Å². The van der Waals surface area contributed by atoms with E-state index in [1.807, 2.05) is 24.3 Å². The highest BCUT2D eigenvalue weighted by molar-refractivity contribution is 5.30. The van der Waals surface area contributed by atoms with Crippen LogP contribution in [0, 0.1) is 0 Å². The van der Waals surface area contributed by atoms with E-state index < -0.39 is 6.10 Å². The van der Waals surface area contributed by atoms with E-state index in [4.69, 9.17) is 9.15 Å². The minimum Gasteiger partial charge on any atom is -0.486 e. The zero-order chi connectivity index (χ0) is 20.2. The summed E-state index contributed by atoms with van der Waals surface area (Å²) in [4.78, 5) is 5.01. The molecule has 2 atom stereocenters. The van der Waals surface area contributed by atoms with E-state index in [0.717, 1.165) is 63.5 Å². The highest BCUT2D eigenvalue weighted by atomic mass is 16.5. The molecule has 0 saturated carbocycles. The Balaban J connectivity index is 1.31. The van der Waals surface area contributed by atoms with Crippen LogP contribution in [0.1, 0.15) is 50.4 Å². The van der Waals surface area contributed by atoms with Crippen LogP contribution in [0.25, 0.3) is 0 Å². The van der Waals surface area contributed by atoms with Crippen molar-refractivity contribution in [3.63, 3.8) is 0 Å². The fourth-order valence-electron chi connectivity index (χ4n) is 4.56. The zero-order valence-electron chi connectivity index (χ0n) is 17.7. The highest BCUT2D eigenvalue weighted by Crippen LogP contribution is 2.26. The molecule has 0 unspecified atom stereocenters. The molecule has 0 aliphatic carbocycles. The van der Waals surface area contributed by atoms with Crippen molar-refractivity contribution in [3.8, 4) is 5.75 Å². The van der Waals surface area contributed by atoms with Gasteiger partial charge in [-0.05, 0) is 55.0 Å². The summed E-state index contributed by atoms with van der Waals surface area (Å²) in [5, 5.41) is 10.5. The lowest BCUT2D eigenvalue weighted by Crippen LogP contribution is -2.55. The number of benzene rings is 1. The van der Waals surface area contributed by atoms with Gasteiger partial charge in [0.2, 0.25) is 0 Å². The van der Waals surface area contributed by atoms with E-state index in [-0.39, 0.29) is 6.10 Å². The number of aliphatic hydroxyl groups is 1. The molecule has 2 fully saturated rings. The first-order valence-electron chi connectivity index (χ1n) is 11.0. The van der Waals surface area contributed by atoms with Crippen molar-refractivity contribution in [3.05, 3.63) is 54.0 Å². The lowest BCUT2D eigenvalue weighted by Gasteiger charge is -2.43. The molecule has 158 valence electrons. The average molecular weight is 399 g/mol. The van der Waals surface area contributed by atoms with Gasteiger partial charge in [-0.15, -0.1) is 0 Å². The van der Waals surface area contributed by atoms with Crippen molar-refractivity contribution in [2.24, 2.45) is 0 Å². The Morgan fingerprint density at radius 2 is 1.93 bits per heavy atom. The van der Waals surface area contributed by atoms with Gasteiger partial charge < -0.3 is 14.3 Å². The Hall–Kier alpha value is -1.82. The number of nitrogens with zero attached hydrogens (tertiary/aromatic N) is 2. The molecule has 5 nitrogen and oxygen atoms in total. The molecule has 2 aromatic rings. The fraction of sp³-hybridized carbons (Fsp3) is 0.583. The van der Waals surface area contributed by atoms with Crippen LogP contribution in [0.2, 0.25) is 0 Å². The third-order valence-electron chi connectivity index (χ3n) is 6.40. The molecule has 0 bridgehead atoms. The van der Waals surface area contributed by atoms with E-state index >= 15 is 0 Å². The van der Waals surface area contributed by atoms with Crippen molar-refractivity contribution in [2.75, 3.05) is 26.2 Å². The molecule has 0 radical (unpaired) electrons. The van der Waals surface area contributed by atoms with Crippen LogP contribution in [0.4, 0.5) is 0 Å². The van der Waals surface area contributed by atoms with Crippen LogP contribution in [-0.2, 0) is 6.54 Å². The predicted molar refractivity (Wildman–Crippen MR) is 114 cm³/mol. The predicted octanol–water partition coefficient (Wildman–Crippen LogP) is 3.88. The standard InChI is InChI=1S/C24H34N2O3/c1-18(2)19-5-3-6-21(15-19)29-24-17-26(13-10-23(24)27)20-8-11-25(12-9-20)16-22-7-4-14-28-22/h3-7,14-15,18,20,23-24,27H,8-13,16-17H2,1-2H3/t23-,24-/m1/s1. The number of aliphatic hydroxyl groups excluding tert-OH is 1. The normalized spacial score (nSPS) is 24.8. The number of ether oxygens (including phenoxy) is 1. The van der Waals surface area contributed by atoms with E-state index in [0.29, 0.717) is 12.0 Å². The van der Waals surface area contributed by atoms with Gasteiger partial charge in [0.05, 0.1) is 18.9 Å². The van der Waals surface area contributed by atoms with Crippen LogP contribution < -0.4 is 4.74 Å². The van der Waals surface area contributed by atoms with Crippen LogP contribution in [0.5, 0.6) is 5.75 Å². The summed E-state index contributed by atoms with van der Waals surface area (Å²) in [6.45, 7) is 9.21. The summed E-state index contributed by atoms with van der Waals surface area (Å²) in [7, 11) is 0. The van der Waals surface area contributed by atoms with Gasteiger partial charge in [0.15, 0.2) is 0 Å². The quantitative estimate of drug-likeness (QED) is 0.800. The number of rotatable bonds is 6. The molecular weight excluding hydrogens is 364 g/mol. The second-order valence-corrected chi connectivity index (χ2v) is 8.82. The van der Waals surface area contributed by atoms with Crippen molar-refractivity contribution < 1.29 is 14.3 Å². The van der Waals surface area contributed by atoms with Gasteiger partial charge >= 0.3 is 0 Å². The largest absolute Gasteiger partial charge is 0.486 e. The molecule has 1 N–H and O–H groups in total. The third-order valence-corrected chi connectivity index (χ3v) is 6.40. The molecule has 2 aliphatic rings. The van der Waals surface area contributed by atoms with E-state index in [1.165, 1.54) is 5.56 Å². The molecule has 1 aromatic heterocycles. The SMILES string of the molecule is CC(C)c1cccc(O[C@@H]2CN(C3CCN(Cc4ccco4)CC3)CC[C@H]2O)c1. The Morgan fingerprint density at radius 3 is 2.66 bits per heavy atom. The van der Waals surface area contributed by atoms with Gasteiger partial charge in [-0.25, -0.2) is 0 Å². The second kappa shape index (κ2) is 9.33. The number of furan rings is 1. The van der Waals surface area contributed by atoms with Gasteiger partial charge in [0.1, 0.15) is 17.6 Å². The molecule has 0 amide bonds. The first kappa shape index (κ1) is 20.5. The van der Waals surface area contributed by atoms with E-state index in [1.54, 1.807) is 6.26 Å². The maximum absolute atomic E-state index is 10.5. The number of piperidine rings is 2. The molecule has 3 heterocycles. The number of likely N-dealkylation sites (tertiary alicyclic amines) is 2. The molecule has 4 rings (SSSR count). The Bertz CT molecular complexity index is 753. The van der Waals surface area contributed by atoms with E-state index in [2.05, 4.69) is 35.8 Å². The van der Waals surface area contributed by atoms with Crippen LogP contribution in [0.15, 0.2) is 47.1 Å². The minimum atomic E-state index is -0.395. The fourth-order valence-corrected chi connectivity index (χ4v) is 4.56. The third kappa shape index (κ3) is 5.21. The molecule has 29 heavy (non-hydrogen) atoms. The lowest BCUT2D eigenvalue weighted by atomic mass is 9.97. The molecule has 2 aliphatic heterocycles. The summed E-state index contributed by atoms with van der Waals surface area (Å²) < 4.78 is 11.7. The Morgan fingerprint density at radius 1 is 1.10 bits per heavy atom. The highest BCUT2D eigenvalue weighted by Gasteiger charge is 2.34. The van der Waals surface area contributed by atoms with Crippen LogP contribution in [0.3, 0.4) is 0 Å².